The Morgan fingerprint density at radius 3 is 1.74 bits per heavy atom. The van der Waals surface area contributed by atoms with E-state index < -0.39 is 23.6 Å². The quantitative estimate of drug-likeness (QED) is 0.688. The predicted molar refractivity (Wildman–Crippen MR) is 55.0 cm³/mol. The Hall–Kier alpha value is -1.27. The molecule has 0 saturated heterocycles. The molecule has 0 spiro atoms. The third-order valence-corrected chi connectivity index (χ3v) is 2.46. The number of rotatable bonds is 4. The maximum absolute atomic E-state index is 13.3. The summed E-state index contributed by atoms with van der Waals surface area (Å²) in [5.41, 5.74) is -0.902. The average molecular weight is 287 g/mol. The first-order chi connectivity index (χ1) is 8.54. The van der Waals surface area contributed by atoms with Crippen LogP contribution in [0.25, 0.3) is 0 Å². The molecule has 1 radical (unpaired) electrons. The van der Waals surface area contributed by atoms with Gasteiger partial charge in [-0.2, -0.15) is 30.7 Å². The third-order valence-electron chi connectivity index (χ3n) is 2.46. The molecule has 0 fully saturated rings. The highest BCUT2D eigenvalue weighted by Crippen LogP contribution is 2.51. The molecule has 19 heavy (non-hydrogen) atoms. The summed E-state index contributed by atoms with van der Waals surface area (Å²) in [6.07, 6.45) is -4.12. The van der Waals surface area contributed by atoms with Crippen LogP contribution in [0.3, 0.4) is 0 Å². The SMILES string of the molecule is CC[CH]c1ccc(C(F)(F)C(F)(F)C(F)(F)F)cc1. The van der Waals surface area contributed by atoms with Crippen molar-refractivity contribution in [2.75, 3.05) is 0 Å². The van der Waals surface area contributed by atoms with Crippen LogP contribution < -0.4 is 0 Å². The fourth-order valence-corrected chi connectivity index (χ4v) is 1.42. The molecule has 7 heteroatoms. The molecule has 0 aliphatic rings. The highest BCUT2D eigenvalue weighted by Gasteiger charge is 2.73. The van der Waals surface area contributed by atoms with Gasteiger partial charge < -0.3 is 0 Å². The van der Waals surface area contributed by atoms with Crippen LogP contribution in [-0.2, 0) is 5.92 Å². The van der Waals surface area contributed by atoms with Crippen molar-refractivity contribution < 1.29 is 30.7 Å². The zero-order valence-corrected chi connectivity index (χ0v) is 9.74. The summed E-state index contributed by atoms with van der Waals surface area (Å²) in [6, 6.07) is 3.28. The van der Waals surface area contributed by atoms with E-state index in [2.05, 4.69) is 0 Å². The van der Waals surface area contributed by atoms with Gasteiger partial charge in [-0.15, -0.1) is 0 Å². The Morgan fingerprint density at radius 1 is 0.895 bits per heavy atom. The van der Waals surface area contributed by atoms with E-state index in [0.29, 0.717) is 24.1 Å². The molecule has 0 heterocycles. The summed E-state index contributed by atoms with van der Waals surface area (Å²) in [5.74, 6) is -11.4. The second-order valence-electron chi connectivity index (χ2n) is 3.88. The van der Waals surface area contributed by atoms with Gasteiger partial charge in [0.1, 0.15) is 0 Å². The molecule has 0 amide bonds. The lowest BCUT2D eigenvalue weighted by molar-refractivity contribution is -0.359. The molecule has 1 rings (SSSR count). The lowest BCUT2D eigenvalue weighted by atomic mass is 9.99. The summed E-state index contributed by atoms with van der Waals surface area (Å²) in [4.78, 5) is 0. The molecule has 1 aromatic carbocycles. The molecule has 0 N–H and O–H groups in total. The molecule has 0 aromatic heterocycles. The minimum absolute atomic E-state index is 0.470. The first kappa shape index (κ1) is 15.8. The average Bonchev–Trinajstić information content (AvgIpc) is 2.28. The van der Waals surface area contributed by atoms with Crippen molar-refractivity contribution >= 4 is 0 Å². The molecule has 0 bridgehead atoms. The molecule has 107 valence electrons. The van der Waals surface area contributed by atoms with Crippen LogP contribution in [-0.4, -0.2) is 12.1 Å². The van der Waals surface area contributed by atoms with E-state index in [-0.39, 0.29) is 0 Å². The minimum atomic E-state index is -6.31. The maximum atomic E-state index is 13.3. The second-order valence-corrected chi connectivity index (χ2v) is 3.88. The number of hydrogen-bond donors (Lipinski definition) is 0. The summed E-state index contributed by atoms with van der Waals surface area (Å²) >= 11 is 0. The standard InChI is InChI=1S/C12H10F7/c1-2-3-8-4-6-9(7-5-8)10(13,14)11(15,16)12(17,18)19/h3-7H,2H2,1H3. The molecule has 0 atom stereocenters. The van der Waals surface area contributed by atoms with Gasteiger partial charge in [0.2, 0.25) is 0 Å². The van der Waals surface area contributed by atoms with Crippen LogP contribution in [0.2, 0.25) is 0 Å². The van der Waals surface area contributed by atoms with Crippen LogP contribution in [0, 0.1) is 6.42 Å². The van der Waals surface area contributed by atoms with Crippen LogP contribution in [0.15, 0.2) is 24.3 Å². The third kappa shape index (κ3) is 2.84. The summed E-state index contributed by atoms with van der Waals surface area (Å²) < 4.78 is 88.0. The summed E-state index contributed by atoms with van der Waals surface area (Å²) in [5, 5.41) is 0. The van der Waals surface area contributed by atoms with Gasteiger partial charge in [0.15, 0.2) is 0 Å². The molecule has 0 aliphatic carbocycles. The Balaban J connectivity index is 3.13. The minimum Gasteiger partial charge on any atom is -0.194 e. The molecule has 1 aromatic rings. The predicted octanol–water partition coefficient (Wildman–Crippen LogP) is 4.94. The molecule has 0 nitrogen and oxygen atoms in total. The fourth-order valence-electron chi connectivity index (χ4n) is 1.42. The van der Waals surface area contributed by atoms with E-state index in [1.165, 1.54) is 0 Å². The van der Waals surface area contributed by atoms with Crippen molar-refractivity contribution in [3.05, 3.63) is 41.8 Å². The molecule has 0 unspecified atom stereocenters. The van der Waals surface area contributed by atoms with Gasteiger partial charge in [0.05, 0.1) is 0 Å². The number of halogens is 7. The van der Waals surface area contributed by atoms with Crippen molar-refractivity contribution in [3.63, 3.8) is 0 Å². The Bertz CT molecular complexity index is 417. The molecule has 0 aliphatic heterocycles. The zero-order chi connectivity index (χ0) is 14.9. The summed E-state index contributed by atoms with van der Waals surface area (Å²) in [7, 11) is 0. The lowest BCUT2D eigenvalue weighted by Gasteiger charge is -2.28. The second kappa shape index (κ2) is 5.02. The normalized spacial score (nSPS) is 13.7. The molecular weight excluding hydrogens is 277 g/mol. The summed E-state index contributed by atoms with van der Waals surface area (Å²) in [6.45, 7) is 1.76. The molecule has 0 saturated carbocycles. The van der Waals surface area contributed by atoms with Crippen LogP contribution in [0.5, 0.6) is 0 Å². The van der Waals surface area contributed by atoms with Crippen LogP contribution in [0.4, 0.5) is 30.7 Å². The zero-order valence-electron chi connectivity index (χ0n) is 9.74. The Morgan fingerprint density at radius 2 is 1.37 bits per heavy atom. The van der Waals surface area contributed by atoms with E-state index in [1.807, 2.05) is 0 Å². The van der Waals surface area contributed by atoms with E-state index in [0.717, 1.165) is 12.1 Å². The van der Waals surface area contributed by atoms with Crippen molar-refractivity contribution in [1.29, 1.82) is 0 Å². The van der Waals surface area contributed by atoms with Crippen molar-refractivity contribution in [2.45, 2.75) is 31.4 Å². The Labute approximate surface area is 105 Å². The van der Waals surface area contributed by atoms with Gasteiger partial charge in [-0.25, -0.2) is 0 Å². The highest BCUT2D eigenvalue weighted by molar-refractivity contribution is 5.31. The number of benzene rings is 1. The van der Waals surface area contributed by atoms with Gasteiger partial charge in [-0.05, 0) is 18.4 Å². The van der Waals surface area contributed by atoms with E-state index in [1.54, 1.807) is 13.3 Å². The fraction of sp³-hybridized carbons (Fsp3) is 0.417. The van der Waals surface area contributed by atoms with Crippen molar-refractivity contribution in [1.82, 2.24) is 0 Å². The lowest BCUT2D eigenvalue weighted by Crippen LogP contribution is -2.50. The van der Waals surface area contributed by atoms with Gasteiger partial charge >= 0.3 is 18.0 Å². The van der Waals surface area contributed by atoms with Crippen molar-refractivity contribution in [2.24, 2.45) is 0 Å². The number of hydrogen-bond acceptors (Lipinski definition) is 0. The van der Waals surface area contributed by atoms with E-state index >= 15 is 0 Å². The monoisotopic (exact) mass is 287 g/mol. The first-order valence-corrected chi connectivity index (χ1v) is 5.30. The van der Waals surface area contributed by atoms with Crippen LogP contribution in [0.1, 0.15) is 24.5 Å². The van der Waals surface area contributed by atoms with E-state index in [9.17, 15) is 30.7 Å². The van der Waals surface area contributed by atoms with Gasteiger partial charge in [0.25, 0.3) is 0 Å². The Kier molecular flexibility index (Phi) is 4.17. The van der Waals surface area contributed by atoms with E-state index in [4.69, 9.17) is 0 Å². The largest absolute Gasteiger partial charge is 0.460 e. The van der Waals surface area contributed by atoms with Crippen LogP contribution >= 0.6 is 0 Å². The van der Waals surface area contributed by atoms with Crippen molar-refractivity contribution in [3.8, 4) is 0 Å². The first-order valence-electron chi connectivity index (χ1n) is 5.30. The topological polar surface area (TPSA) is 0 Å². The number of alkyl halides is 7. The smallest absolute Gasteiger partial charge is 0.194 e. The van der Waals surface area contributed by atoms with Gasteiger partial charge in [-0.1, -0.05) is 31.2 Å². The maximum Gasteiger partial charge on any atom is 0.460 e. The van der Waals surface area contributed by atoms with Gasteiger partial charge in [-0.3, -0.25) is 0 Å². The highest BCUT2D eigenvalue weighted by atomic mass is 19.4. The van der Waals surface area contributed by atoms with Gasteiger partial charge in [0, 0.05) is 5.56 Å². The molecular formula is C12H10F7.